The molecule has 5 rings (SSSR count). The van der Waals surface area contributed by atoms with Crippen molar-refractivity contribution in [3.05, 3.63) is 119 Å². The lowest BCUT2D eigenvalue weighted by Gasteiger charge is -2.23. The third-order valence-electron chi connectivity index (χ3n) is 6.55. The first kappa shape index (κ1) is 33.8. The van der Waals surface area contributed by atoms with Gasteiger partial charge in [-0.25, -0.2) is 14.4 Å². The minimum absolute atomic E-state index is 0.0215. The lowest BCUT2D eigenvalue weighted by Crippen LogP contribution is -2.31. The fourth-order valence-electron chi connectivity index (χ4n) is 4.46. The molecule has 0 aliphatic rings. The largest absolute Gasteiger partial charge is 0.490 e. The minimum Gasteiger partial charge on any atom is -0.478 e. The Bertz CT molecular complexity index is 2020. The number of nitrogens with two attached hydrogens (primary N) is 2. The van der Waals surface area contributed by atoms with Crippen LogP contribution in [0.2, 0.25) is 5.02 Å². The summed E-state index contributed by atoms with van der Waals surface area (Å²) in [5, 5.41) is 26.9. The standard InChI is InChI=1S/C31H23ClN4O4.C2HF3O2/c32-21-4-3-5-22(16-21)36(31(35)39)23-11-13-28(27(17-23)25-6-1-2-7-26(25)30(37)38)40-24-12-10-18-14-20(29(33)34)9-8-19(18)15-24;3-2(4,5)1(6)7/h1-17H,(H3,33,34)(H2,35,39)(H,37,38);(H,6,7). The average Bonchev–Trinajstić information content (AvgIpc) is 3.01. The van der Waals surface area contributed by atoms with Gasteiger partial charge in [0.2, 0.25) is 0 Å². The number of nitrogens with zero attached hydrogens (tertiary/aromatic N) is 1. The van der Waals surface area contributed by atoms with Gasteiger partial charge in [-0.05, 0) is 77.0 Å². The van der Waals surface area contributed by atoms with Crippen molar-refractivity contribution in [2.45, 2.75) is 6.18 Å². The molecule has 47 heavy (non-hydrogen) atoms. The first-order chi connectivity index (χ1) is 22.1. The number of aromatic carboxylic acids is 1. The first-order valence-corrected chi connectivity index (χ1v) is 13.7. The molecule has 0 aliphatic heterocycles. The molecule has 0 unspecified atom stereocenters. The molecule has 0 heterocycles. The van der Waals surface area contributed by atoms with Crippen molar-refractivity contribution in [2.75, 3.05) is 4.90 Å². The molecule has 0 bridgehead atoms. The van der Waals surface area contributed by atoms with E-state index in [0.29, 0.717) is 44.6 Å². The van der Waals surface area contributed by atoms with Gasteiger partial charge in [-0.2, -0.15) is 13.2 Å². The van der Waals surface area contributed by atoms with E-state index in [9.17, 15) is 27.9 Å². The molecule has 10 nitrogen and oxygen atoms in total. The van der Waals surface area contributed by atoms with Gasteiger partial charge < -0.3 is 26.4 Å². The number of nitrogen functional groups attached to an aromatic ring is 1. The van der Waals surface area contributed by atoms with Gasteiger partial charge in [0.25, 0.3) is 0 Å². The Hall–Kier alpha value is -6.08. The number of amides is 2. The molecular formula is C33H24ClF3N4O6. The number of benzene rings is 5. The number of halogens is 4. The number of amidine groups is 1. The normalized spacial score (nSPS) is 10.8. The number of anilines is 2. The quantitative estimate of drug-likeness (QED) is 0.0870. The number of alkyl halides is 3. The highest BCUT2D eigenvalue weighted by molar-refractivity contribution is 6.31. The van der Waals surface area contributed by atoms with Crippen molar-refractivity contribution in [3.63, 3.8) is 0 Å². The molecule has 5 aromatic rings. The lowest BCUT2D eigenvalue weighted by atomic mass is 9.98. The summed E-state index contributed by atoms with van der Waals surface area (Å²) >= 11 is 6.16. The monoisotopic (exact) mass is 664 g/mol. The zero-order valence-corrected chi connectivity index (χ0v) is 24.7. The summed E-state index contributed by atoms with van der Waals surface area (Å²) in [7, 11) is 0. The highest BCUT2D eigenvalue weighted by Gasteiger charge is 2.38. The lowest BCUT2D eigenvalue weighted by molar-refractivity contribution is -0.192. The fourth-order valence-corrected chi connectivity index (χ4v) is 4.65. The predicted molar refractivity (Wildman–Crippen MR) is 171 cm³/mol. The van der Waals surface area contributed by atoms with Gasteiger partial charge in [0, 0.05) is 16.1 Å². The SMILES string of the molecule is N=C(N)c1ccc2cc(Oc3ccc(N(C(N)=O)c4cccc(Cl)c4)cc3-c3ccccc3C(=O)O)ccc2c1.O=C(O)C(F)(F)F. The van der Waals surface area contributed by atoms with Gasteiger partial charge in [-0.3, -0.25) is 10.3 Å². The average molecular weight is 665 g/mol. The van der Waals surface area contributed by atoms with Crippen LogP contribution in [0.3, 0.4) is 0 Å². The molecular weight excluding hydrogens is 641 g/mol. The van der Waals surface area contributed by atoms with Crippen LogP contribution in [0.25, 0.3) is 21.9 Å². The zero-order valence-electron chi connectivity index (χ0n) is 24.0. The number of ether oxygens (including phenoxy) is 1. The van der Waals surface area contributed by atoms with Gasteiger partial charge >= 0.3 is 24.1 Å². The van der Waals surface area contributed by atoms with Crippen molar-refractivity contribution in [2.24, 2.45) is 11.5 Å². The van der Waals surface area contributed by atoms with Crippen LogP contribution >= 0.6 is 11.6 Å². The van der Waals surface area contributed by atoms with Crippen molar-refractivity contribution in [1.82, 2.24) is 0 Å². The molecule has 14 heteroatoms. The van der Waals surface area contributed by atoms with E-state index < -0.39 is 24.1 Å². The Kier molecular flexibility index (Phi) is 10.0. The van der Waals surface area contributed by atoms with Crippen molar-refractivity contribution in [1.29, 1.82) is 5.41 Å². The van der Waals surface area contributed by atoms with Crippen LogP contribution in [0.4, 0.5) is 29.3 Å². The summed E-state index contributed by atoms with van der Waals surface area (Å²) in [5.41, 5.74) is 13.7. The summed E-state index contributed by atoms with van der Waals surface area (Å²) < 4.78 is 38.0. The number of primary amides is 1. The maximum absolute atomic E-state index is 12.6. The molecule has 0 spiro atoms. The number of nitrogens with one attached hydrogen (secondary N) is 1. The summed E-state index contributed by atoms with van der Waals surface area (Å²) in [6.07, 6.45) is -5.08. The minimum atomic E-state index is -5.08. The van der Waals surface area contributed by atoms with Crippen molar-refractivity contribution in [3.8, 4) is 22.6 Å². The molecule has 240 valence electrons. The van der Waals surface area contributed by atoms with E-state index in [1.165, 1.54) is 11.0 Å². The summed E-state index contributed by atoms with van der Waals surface area (Å²) in [4.78, 5) is 34.8. The number of fused-ring (bicyclic) bond motifs is 1. The highest BCUT2D eigenvalue weighted by atomic mass is 35.5. The van der Waals surface area contributed by atoms with Crippen LogP contribution in [0.1, 0.15) is 15.9 Å². The van der Waals surface area contributed by atoms with E-state index in [2.05, 4.69) is 0 Å². The van der Waals surface area contributed by atoms with E-state index in [1.807, 2.05) is 24.3 Å². The maximum atomic E-state index is 12.6. The smallest absolute Gasteiger partial charge is 0.478 e. The number of carboxylic acids is 2. The second kappa shape index (κ2) is 13.9. The molecule has 0 radical (unpaired) electrons. The molecule has 7 N–H and O–H groups in total. The second-order valence-corrected chi connectivity index (χ2v) is 10.2. The Morgan fingerprint density at radius 2 is 1.40 bits per heavy atom. The number of rotatable bonds is 7. The zero-order chi connectivity index (χ0) is 34.5. The Morgan fingerprint density at radius 1 is 0.766 bits per heavy atom. The number of hydrogen-bond acceptors (Lipinski definition) is 5. The first-order valence-electron chi connectivity index (χ1n) is 13.3. The molecule has 0 fully saturated rings. The third-order valence-corrected chi connectivity index (χ3v) is 6.78. The van der Waals surface area contributed by atoms with Crippen LogP contribution in [-0.2, 0) is 4.79 Å². The molecule has 0 aliphatic carbocycles. The maximum Gasteiger partial charge on any atom is 0.490 e. The van der Waals surface area contributed by atoms with Gasteiger partial charge in [0.1, 0.15) is 17.3 Å². The Labute approximate surface area is 269 Å². The van der Waals surface area contributed by atoms with Gasteiger partial charge in [-0.1, -0.05) is 54.1 Å². The van der Waals surface area contributed by atoms with Crippen molar-refractivity contribution >= 4 is 57.6 Å². The van der Waals surface area contributed by atoms with E-state index in [-0.39, 0.29) is 11.4 Å². The topological polar surface area (TPSA) is 180 Å². The molecule has 5 aromatic carbocycles. The number of carboxylic acid groups (broad SMARTS) is 2. The van der Waals surface area contributed by atoms with Crippen LogP contribution in [-0.4, -0.2) is 40.2 Å². The summed E-state index contributed by atoms with van der Waals surface area (Å²) in [6, 6.07) is 28.3. The summed E-state index contributed by atoms with van der Waals surface area (Å²) in [5.74, 6) is -3.01. The number of aliphatic carboxylic acids is 1. The second-order valence-electron chi connectivity index (χ2n) is 9.73. The van der Waals surface area contributed by atoms with E-state index in [1.54, 1.807) is 72.8 Å². The van der Waals surface area contributed by atoms with Crippen LogP contribution in [0.5, 0.6) is 11.5 Å². The van der Waals surface area contributed by atoms with Gasteiger partial charge in [-0.15, -0.1) is 0 Å². The highest BCUT2D eigenvalue weighted by Crippen LogP contribution is 2.40. The number of hydrogen-bond donors (Lipinski definition) is 5. The number of carbonyl (C=O) groups excluding carboxylic acids is 1. The summed E-state index contributed by atoms with van der Waals surface area (Å²) in [6.45, 7) is 0. The molecule has 0 saturated heterocycles. The van der Waals surface area contributed by atoms with Crippen LogP contribution in [0, 0.1) is 5.41 Å². The van der Waals surface area contributed by atoms with Crippen LogP contribution in [0.15, 0.2) is 103 Å². The van der Waals surface area contributed by atoms with Gasteiger partial charge in [0.05, 0.1) is 16.9 Å². The number of carbonyl (C=O) groups is 3. The van der Waals surface area contributed by atoms with Crippen LogP contribution < -0.4 is 21.1 Å². The number of urea groups is 1. The molecule has 0 atom stereocenters. The fraction of sp³-hybridized carbons (Fsp3) is 0.0303. The van der Waals surface area contributed by atoms with Crippen molar-refractivity contribution < 1.29 is 42.5 Å². The van der Waals surface area contributed by atoms with E-state index in [4.69, 9.17) is 43.1 Å². The molecule has 0 aromatic heterocycles. The molecule has 2 amide bonds. The molecule has 0 saturated carbocycles. The Balaban J connectivity index is 0.000000644. The third kappa shape index (κ3) is 8.15. The van der Waals surface area contributed by atoms with E-state index in [0.717, 1.165) is 10.8 Å². The van der Waals surface area contributed by atoms with Gasteiger partial charge in [0.15, 0.2) is 0 Å². The predicted octanol–water partition coefficient (Wildman–Crippen LogP) is 7.78. The van der Waals surface area contributed by atoms with E-state index >= 15 is 0 Å². The Morgan fingerprint density at radius 3 is 2.02 bits per heavy atom.